The largest absolute Gasteiger partial charge is 0.357 e. The minimum Gasteiger partial charge on any atom is -0.357 e. The van der Waals surface area contributed by atoms with Crippen molar-refractivity contribution in [2.45, 2.75) is 48.5 Å². The van der Waals surface area contributed by atoms with Crippen LogP contribution in [0.2, 0.25) is 5.02 Å². The lowest BCUT2D eigenvalue weighted by Gasteiger charge is -2.16. The Hall–Kier alpha value is -3.30. The fourth-order valence-corrected chi connectivity index (χ4v) is 4.03. The molecule has 0 unspecified atom stereocenters. The molecule has 0 heterocycles. The van der Waals surface area contributed by atoms with Crippen molar-refractivity contribution in [1.82, 2.24) is 5.32 Å². The van der Waals surface area contributed by atoms with Crippen molar-refractivity contribution in [2.24, 2.45) is 5.92 Å². The highest BCUT2D eigenvalue weighted by Crippen LogP contribution is 2.29. The quantitative estimate of drug-likeness (QED) is 0.313. The lowest BCUT2D eigenvalue weighted by Crippen LogP contribution is -2.22. The van der Waals surface area contributed by atoms with E-state index in [4.69, 9.17) is 11.6 Å². The first-order valence-corrected chi connectivity index (χ1v) is 12.4. The van der Waals surface area contributed by atoms with Crippen molar-refractivity contribution < 1.29 is 4.79 Å². The van der Waals surface area contributed by atoms with Crippen LogP contribution in [0.4, 0.5) is 5.69 Å². The predicted octanol–water partition coefficient (Wildman–Crippen LogP) is 8.66. The fourth-order valence-electron chi connectivity index (χ4n) is 3.87. The maximum atomic E-state index is 12.7. The lowest BCUT2D eigenvalue weighted by molar-refractivity contribution is -0.118. The normalized spacial score (nSPS) is 12.9. The third-order valence-corrected chi connectivity index (χ3v) is 6.51. The molecule has 0 aliphatic rings. The molecule has 0 saturated carbocycles. The number of allylic oxidation sites excluding steroid dienone is 4. The Morgan fingerprint density at radius 1 is 0.914 bits per heavy atom. The van der Waals surface area contributed by atoms with Gasteiger partial charge in [0.1, 0.15) is 0 Å². The Balaban J connectivity index is 1.94. The number of carbonyl (C=O) groups excluding carboxylic acids is 1. The van der Waals surface area contributed by atoms with E-state index in [2.05, 4.69) is 66.1 Å². The molecular formula is C31H35ClN2O. The SMILES string of the molecule is CC=C(Nc1cc(Cl)c(C)cc1C)c1ccc2cc(/C=C(\N/C(C)=C/C)C(=O)C(C)C)ccc2c1. The van der Waals surface area contributed by atoms with Crippen LogP contribution in [0, 0.1) is 19.8 Å². The van der Waals surface area contributed by atoms with Crippen LogP contribution in [0.1, 0.15) is 56.9 Å². The summed E-state index contributed by atoms with van der Waals surface area (Å²) in [5.74, 6) is 0.0113. The van der Waals surface area contributed by atoms with Gasteiger partial charge in [-0.1, -0.05) is 67.9 Å². The minimum atomic E-state index is -0.0831. The number of nitrogens with one attached hydrogen (secondary N) is 2. The summed E-state index contributed by atoms with van der Waals surface area (Å²) >= 11 is 6.37. The minimum absolute atomic E-state index is 0.0831. The van der Waals surface area contributed by atoms with E-state index in [0.717, 1.165) is 55.1 Å². The molecule has 0 atom stereocenters. The zero-order chi connectivity index (χ0) is 25.7. The van der Waals surface area contributed by atoms with E-state index in [1.165, 1.54) is 0 Å². The van der Waals surface area contributed by atoms with Gasteiger partial charge in [-0.3, -0.25) is 4.79 Å². The summed E-state index contributed by atoms with van der Waals surface area (Å²) < 4.78 is 0. The van der Waals surface area contributed by atoms with E-state index >= 15 is 0 Å². The van der Waals surface area contributed by atoms with Crippen LogP contribution in [0.3, 0.4) is 0 Å². The van der Waals surface area contributed by atoms with Crippen LogP contribution in [0.25, 0.3) is 22.5 Å². The molecule has 0 saturated heterocycles. The van der Waals surface area contributed by atoms with Crippen LogP contribution < -0.4 is 10.6 Å². The van der Waals surface area contributed by atoms with Gasteiger partial charge in [-0.2, -0.15) is 0 Å². The zero-order valence-corrected chi connectivity index (χ0v) is 22.5. The van der Waals surface area contributed by atoms with Crippen molar-refractivity contribution in [3.63, 3.8) is 0 Å². The summed E-state index contributed by atoms with van der Waals surface area (Å²) in [6.07, 6.45) is 5.97. The van der Waals surface area contributed by atoms with E-state index in [0.29, 0.717) is 5.70 Å². The second-order valence-corrected chi connectivity index (χ2v) is 9.65. The molecule has 3 nitrogen and oxygen atoms in total. The van der Waals surface area contributed by atoms with Gasteiger partial charge in [-0.25, -0.2) is 0 Å². The van der Waals surface area contributed by atoms with Crippen LogP contribution in [0.5, 0.6) is 0 Å². The molecule has 182 valence electrons. The van der Waals surface area contributed by atoms with E-state index in [1.54, 1.807) is 0 Å². The van der Waals surface area contributed by atoms with Crippen LogP contribution in [0.15, 0.2) is 72.1 Å². The molecule has 3 aromatic carbocycles. The topological polar surface area (TPSA) is 41.1 Å². The third kappa shape index (κ3) is 6.43. The summed E-state index contributed by atoms with van der Waals surface area (Å²) in [6, 6.07) is 16.8. The van der Waals surface area contributed by atoms with Gasteiger partial charge in [0, 0.05) is 28.0 Å². The van der Waals surface area contributed by atoms with Crippen LogP contribution in [-0.4, -0.2) is 5.78 Å². The highest BCUT2D eigenvalue weighted by molar-refractivity contribution is 6.31. The molecule has 0 spiro atoms. The molecule has 0 bridgehead atoms. The third-order valence-electron chi connectivity index (χ3n) is 6.10. The van der Waals surface area contributed by atoms with Gasteiger partial charge in [0.2, 0.25) is 0 Å². The smallest absolute Gasteiger partial charge is 0.181 e. The molecule has 3 aromatic rings. The number of benzene rings is 3. The number of fused-ring (bicyclic) bond motifs is 1. The summed E-state index contributed by atoms with van der Waals surface area (Å²) in [5.41, 5.74) is 7.89. The Labute approximate surface area is 214 Å². The molecule has 0 aliphatic heterocycles. The Morgan fingerprint density at radius 2 is 1.60 bits per heavy atom. The second kappa shape index (κ2) is 11.4. The number of halogens is 1. The standard InChI is InChI=1S/C31H35ClN2O/c1-8-22(7)33-30(31(35)19(3)4)16-23-10-11-25-17-26(13-12-24(25)15-23)28(9-2)34-29-18-27(32)20(5)14-21(29)6/h8-19,33-34H,1-7H3/b22-8+,28-9?,30-16-. The average molecular weight is 487 g/mol. The van der Waals surface area contributed by atoms with E-state index in [-0.39, 0.29) is 11.7 Å². The van der Waals surface area contributed by atoms with Gasteiger partial charge in [-0.15, -0.1) is 0 Å². The van der Waals surface area contributed by atoms with Gasteiger partial charge in [0.05, 0.1) is 5.70 Å². The summed E-state index contributed by atoms with van der Waals surface area (Å²) in [4.78, 5) is 12.7. The van der Waals surface area contributed by atoms with Gasteiger partial charge in [0.15, 0.2) is 5.78 Å². The summed E-state index contributed by atoms with van der Waals surface area (Å²) in [5, 5.41) is 9.81. The molecule has 0 aromatic heterocycles. The van der Waals surface area contributed by atoms with E-state index in [1.807, 2.05) is 59.8 Å². The van der Waals surface area contributed by atoms with Crippen molar-refractivity contribution in [3.8, 4) is 0 Å². The molecule has 35 heavy (non-hydrogen) atoms. The zero-order valence-electron chi connectivity index (χ0n) is 21.7. The second-order valence-electron chi connectivity index (χ2n) is 9.24. The van der Waals surface area contributed by atoms with E-state index < -0.39 is 0 Å². The first-order chi connectivity index (χ1) is 16.6. The Morgan fingerprint density at radius 3 is 2.26 bits per heavy atom. The Kier molecular flexibility index (Phi) is 8.58. The van der Waals surface area contributed by atoms with Crippen molar-refractivity contribution in [1.29, 1.82) is 0 Å². The number of ketones is 1. The maximum Gasteiger partial charge on any atom is 0.181 e. The van der Waals surface area contributed by atoms with Gasteiger partial charge < -0.3 is 10.6 Å². The molecule has 0 radical (unpaired) electrons. The van der Waals surface area contributed by atoms with Crippen LogP contribution in [-0.2, 0) is 4.79 Å². The predicted molar refractivity (Wildman–Crippen MR) is 153 cm³/mol. The summed E-state index contributed by atoms with van der Waals surface area (Å²) in [7, 11) is 0. The van der Waals surface area contributed by atoms with E-state index in [9.17, 15) is 4.79 Å². The highest BCUT2D eigenvalue weighted by Gasteiger charge is 2.14. The molecular weight excluding hydrogens is 452 g/mol. The maximum absolute atomic E-state index is 12.7. The molecule has 4 heteroatoms. The number of carbonyl (C=O) groups is 1. The average Bonchev–Trinajstić information content (AvgIpc) is 2.84. The van der Waals surface area contributed by atoms with Crippen LogP contribution >= 0.6 is 11.6 Å². The molecule has 0 amide bonds. The summed E-state index contributed by atoms with van der Waals surface area (Å²) in [6.45, 7) is 13.9. The van der Waals surface area contributed by atoms with Gasteiger partial charge in [0.25, 0.3) is 0 Å². The number of rotatable bonds is 8. The number of anilines is 1. The van der Waals surface area contributed by atoms with Crippen molar-refractivity contribution in [2.75, 3.05) is 5.32 Å². The number of hydrogen-bond acceptors (Lipinski definition) is 3. The first-order valence-electron chi connectivity index (χ1n) is 12.0. The molecule has 2 N–H and O–H groups in total. The molecule has 0 aliphatic carbocycles. The monoisotopic (exact) mass is 486 g/mol. The van der Waals surface area contributed by atoms with Gasteiger partial charge in [-0.05, 0) is 91.9 Å². The Bertz CT molecular complexity index is 1350. The van der Waals surface area contributed by atoms with Gasteiger partial charge >= 0.3 is 0 Å². The lowest BCUT2D eigenvalue weighted by atomic mass is 10.00. The molecule has 3 rings (SSSR count). The first kappa shape index (κ1) is 26.3. The molecule has 0 fully saturated rings. The number of hydrogen-bond donors (Lipinski definition) is 2. The number of aryl methyl sites for hydroxylation is 2. The fraction of sp³-hybridized carbons (Fsp3) is 0.258. The number of Topliss-reactive ketones (excluding diaryl/α,β-unsaturated/α-hetero) is 1. The highest BCUT2D eigenvalue weighted by atomic mass is 35.5. The van der Waals surface area contributed by atoms with Crippen molar-refractivity contribution in [3.05, 3.63) is 99.4 Å². The van der Waals surface area contributed by atoms with Crippen molar-refractivity contribution >= 4 is 45.6 Å².